The van der Waals surface area contributed by atoms with Gasteiger partial charge in [0.1, 0.15) is 0 Å². The second-order valence-corrected chi connectivity index (χ2v) is 6.85. The molecule has 1 aliphatic rings. The van der Waals surface area contributed by atoms with Crippen LogP contribution in [-0.2, 0) is 16.1 Å². The molecule has 2 N–H and O–H groups in total. The van der Waals surface area contributed by atoms with Gasteiger partial charge in [-0.05, 0) is 23.3 Å². The SMILES string of the molecule is O=C(/C=C/c1cccc(F)c1F)N[C@H](CO)c1cccc(CN2CCOCC2)c1. The average Bonchev–Trinajstić information content (AvgIpc) is 2.74. The van der Waals surface area contributed by atoms with Crippen molar-refractivity contribution in [1.82, 2.24) is 10.2 Å². The molecule has 1 aliphatic heterocycles. The van der Waals surface area contributed by atoms with Gasteiger partial charge in [-0.25, -0.2) is 8.78 Å². The molecule has 1 amide bonds. The van der Waals surface area contributed by atoms with E-state index in [0.29, 0.717) is 13.2 Å². The van der Waals surface area contributed by atoms with E-state index >= 15 is 0 Å². The van der Waals surface area contributed by atoms with Gasteiger partial charge in [0, 0.05) is 31.3 Å². The number of morpholine rings is 1. The largest absolute Gasteiger partial charge is 0.394 e. The number of benzene rings is 2. The van der Waals surface area contributed by atoms with E-state index in [9.17, 15) is 18.7 Å². The molecule has 2 aromatic rings. The lowest BCUT2D eigenvalue weighted by molar-refractivity contribution is -0.117. The molecule has 1 saturated heterocycles. The summed E-state index contributed by atoms with van der Waals surface area (Å²) in [4.78, 5) is 14.5. The standard InChI is InChI=1S/C22H24F2N2O3/c23-19-6-2-4-17(22(19)24)7-8-21(28)25-20(15-27)18-5-1-3-16(13-18)14-26-9-11-29-12-10-26/h1-8,13,20,27H,9-12,14-15H2,(H,25,28)/b8-7+/t20-/m1/s1. The average molecular weight is 402 g/mol. The van der Waals surface area contributed by atoms with Crippen molar-refractivity contribution in [3.8, 4) is 0 Å². The predicted molar refractivity (Wildman–Crippen MR) is 106 cm³/mol. The minimum atomic E-state index is -1.01. The molecule has 0 unspecified atom stereocenters. The van der Waals surface area contributed by atoms with Gasteiger partial charge in [0.15, 0.2) is 11.6 Å². The van der Waals surface area contributed by atoms with Crippen molar-refractivity contribution in [2.75, 3.05) is 32.9 Å². The first-order valence-electron chi connectivity index (χ1n) is 9.49. The molecule has 0 radical (unpaired) electrons. The van der Waals surface area contributed by atoms with Crippen molar-refractivity contribution in [2.45, 2.75) is 12.6 Å². The van der Waals surface area contributed by atoms with Gasteiger partial charge in [0.2, 0.25) is 5.91 Å². The van der Waals surface area contributed by atoms with E-state index < -0.39 is 23.6 Å². The van der Waals surface area contributed by atoms with E-state index in [1.165, 1.54) is 18.2 Å². The summed E-state index contributed by atoms with van der Waals surface area (Å²) in [5, 5.41) is 12.4. The Kier molecular flexibility index (Phi) is 7.46. The fourth-order valence-electron chi connectivity index (χ4n) is 3.19. The zero-order valence-corrected chi connectivity index (χ0v) is 16.0. The van der Waals surface area contributed by atoms with Gasteiger partial charge in [0.25, 0.3) is 0 Å². The summed E-state index contributed by atoms with van der Waals surface area (Å²) < 4.78 is 32.3. The summed E-state index contributed by atoms with van der Waals surface area (Å²) in [5.74, 6) is -2.49. The number of hydrogen-bond donors (Lipinski definition) is 2. The summed E-state index contributed by atoms with van der Waals surface area (Å²) in [6.07, 6.45) is 2.33. The maximum Gasteiger partial charge on any atom is 0.244 e. The smallest absolute Gasteiger partial charge is 0.244 e. The number of nitrogens with zero attached hydrogens (tertiary/aromatic N) is 1. The zero-order valence-electron chi connectivity index (χ0n) is 16.0. The highest BCUT2D eigenvalue weighted by Gasteiger charge is 2.15. The number of amides is 1. The van der Waals surface area contributed by atoms with Crippen molar-refractivity contribution in [1.29, 1.82) is 0 Å². The lowest BCUT2D eigenvalue weighted by atomic mass is 10.0. The maximum absolute atomic E-state index is 13.7. The summed E-state index contributed by atoms with van der Waals surface area (Å²) in [5.41, 5.74) is 1.83. The highest BCUT2D eigenvalue weighted by molar-refractivity contribution is 5.92. The number of carbonyl (C=O) groups is 1. The number of carbonyl (C=O) groups excluding carboxylic acids is 1. The van der Waals surface area contributed by atoms with E-state index in [1.54, 1.807) is 0 Å². The highest BCUT2D eigenvalue weighted by atomic mass is 19.2. The molecule has 0 spiro atoms. The third-order valence-corrected chi connectivity index (χ3v) is 4.76. The van der Waals surface area contributed by atoms with Gasteiger partial charge < -0.3 is 15.2 Å². The number of nitrogens with one attached hydrogen (secondary N) is 1. The van der Waals surface area contributed by atoms with Crippen LogP contribution in [0.1, 0.15) is 22.7 Å². The van der Waals surface area contributed by atoms with Crippen LogP contribution in [0.2, 0.25) is 0 Å². The summed E-state index contributed by atoms with van der Waals surface area (Å²) in [6, 6.07) is 10.8. The van der Waals surface area contributed by atoms with Crippen LogP contribution in [0.4, 0.5) is 8.78 Å². The van der Waals surface area contributed by atoms with Crippen LogP contribution in [-0.4, -0.2) is 48.8 Å². The second kappa shape index (κ2) is 10.2. The Morgan fingerprint density at radius 2 is 1.97 bits per heavy atom. The molecule has 5 nitrogen and oxygen atoms in total. The lowest BCUT2D eigenvalue weighted by Gasteiger charge is -2.27. The van der Waals surface area contributed by atoms with Crippen LogP contribution >= 0.6 is 0 Å². The monoisotopic (exact) mass is 402 g/mol. The molecule has 1 atom stereocenters. The highest BCUT2D eigenvalue weighted by Crippen LogP contribution is 2.17. The molecule has 0 bridgehead atoms. The van der Waals surface area contributed by atoms with E-state index in [4.69, 9.17) is 4.74 Å². The van der Waals surface area contributed by atoms with Gasteiger partial charge in [-0.1, -0.05) is 36.4 Å². The third-order valence-electron chi connectivity index (χ3n) is 4.76. The Morgan fingerprint density at radius 3 is 2.72 bits per heavy atom. The predicted octanol–water partition coefficient (Wildman–Crippen LogP) is 2.66. The molecule has 29 heavy (non-hydrogen) atoms. The normalized spacial score (nSPS) is 16.1. The van der Waals surface area contributed by atoms with Gasteiger partial charge in [-0.2, -0.15) is 0 Å². The molecular formula is C22H24F2N2O3. The van der Waals surface area contributed by atoms with E-state index in [0.717, 1.165) is 42.9 Å². The van der Waals surface area contributed by atoms with Crippen LogP contribution in [0.15, 0.2) is 48.5 Å². The van der Waals surface area contributed by atoms with Crippen molar-refractivity contribution < 1.29 is 23.4 Å². The Morgan fingerprint density at radius 1 is 1.21 bits per heavy atom. The van der Waals surface area contributed by atoms with E-state index in [-0.39, 0.29) is 12.2 Å². The van der Waals surface area contributed by atoms with Crippen molar-refractivity contribution >= 4 is 12.0 Å². The molecule has 1 fully saturated rings. The Balaban J connectivity index is 1.64. The molecule has 3 rings (SSSR count). The van der Waals surface area contributed by atoms with Crippen LogP contribution in [0, 0.1) is 11.6 Å². The summed E-state index contributed by atoms with van der Waals surface area (Å²) in [6.45, 7) is 3.65. The van der Waals surface area contributed by atoms with Gasteiger partial charge in [-0.15, -0.1) is 0 Å². The Bertz CT molecular complexity index is 867. The first kappa shape index (κ1) is 21.1. The summed E-state index contributed by atoms with van der Waals surface area (Å²) in [7, 11) is 0. The first-order valence-corrected chi connectivity index (χ1v) is 9.49. The fourth-order valence-corrected chi connectivity index (χ4v) is 3.19. The molecule has 154 valence electrons. The number of rotatable bonds is 7. The van der Waals surface area contributed by atoms with Crippen molar-refractivity contribution in [3.05, 3.63) is 76.9 Å². The number of hydrogen-bond acceptors (Lipinski definition) is 4. The molecule has 7 heteroatoms. The van der Waals surface area contributed by atoms with Crippen LogP contribution < -0.4 is 5.32 Å². The topological polar surface area (TPSA) is 61.8 Å². The summed E-state index contributed by atoms with van der Waals surface area (Å²) >= 11 is 0. The second-order valence-electron chi connectivity index (χ2n) is 6.85. The van der Waals surface area contributed by atoms with Crippen molar-refractivity contribution in [3.63, 3.8) is 0 Å². The number of halogens is 2. The molecule has 0 aliphatic carbocycles. The minimum Gasteiger partial charge on any atom is -0.394 e. The Labute approximate surface area is 168 Å². The van der Waals surface area contributed by atoms with Crippen LogP contribution in [0.5, 0.6) is 0 Å². The van der Waals surface area contributed by atoms with Gasteiger partial charge in [0.05, 0.1) is 25.9 Å². The number of aliphatic hydroxyl groups excluding tert-OH is 1. The molecule has 0 saturated carbocycles. The fraction of sp³-hybridized carbons (Fsp3) is 0.318. The quantitative estimate of drug-likeness (QED) is 0.699. The maximum atomic E-state index is 13.7. The van der Waals surface area contributed by atoms with Gasteiger partial charge in [-0.3, -0.25) is 9.69 Å². The lowest BCUT2D eigenvalue weighted by Crippen LogP contribution is -2.35. The van der Waals surface area contributed by atoms with Gasteiger partial charge >= 0.3 is 0 Å². The molecular weight excluding hydrogens is 378 g/mol. The van der Waals surface area contributed by atoms with Crippen LogP contribution in [0.25, 0.3) is 6.08 Å². The van der Waals surface area contributed by atoms with Crippen LogP contribution in [0.3, 0.4) is 0 Å². The van der Waals surface area contributed by atoms with E-state index in [1.807, 2.05) is 24.3 Å². The molecule has 0 aromatic heterocycles. The minimum absolute atomic E-state index is 0.0202. The first-order chi connectivity index (χ1) is 14.1. The third kappa shape index (κ3) is 5.93. The molecule has 2 aromatic carbocycles. The number of aliphatic hydroxyl groups is 1. The zero-order chi connectivity index (χ0) is 20.6. The van der Waals surface area contributed by atoms with Crippen molar-refractivity contribution in [2.24, 2.45) is 0 Å². The number of ether oxygens (including phenoxy) is 1. The molecule has 1 heterocycles. The Hall–Kier alpha value is -2.61. The van der Waals surface area contributed by atoms with E-state index in [2.05, 4.69) is 10.2 Å².